The molecule has 96 valence electrons. The first-order valence-corrected chi connectivity index (χ1v) is 6.46. The fourth-order valence-electron chi connectivity index (χ4n) is 1.51. The van der Waals surface area contributed by atoms with Crippen LogP contribution in [-0.2, 0) is 11.3 Å². The Morgan fingerprint density at radius 1 is 1.44 bits per heavy atom. The van der Waals surface area contributed by atoms with E-state index in [2.05, 4.69) is 31.6 Å². The van der Waals surface area contributed by atoms with Crippen LogP contribution >= 0.6 is 15.9 Å². The smallest absolute Gasteiger partial charge is 0.0969 e. The normalized spacial score (nSPS) is 10.8. The molecule has 5 nitrogen and oxygen atoms in total. The highest BCUT2D eigenvalue weighted by Crippen LogP contribution is 2.14. The molecule has 0 aliphatic rings. The van der Waals surface area contributed by atoms with Crippen molar-refractivity contribution < 1.29 is 4.74 Å². The zero-order valence-electron chi connectivity index (χ0n) is 10.1. The van der Waals surface area contributed by atoms with Gasteiger partial charge in [0.15, 0.2) is 0 Å². The minimum atomic E-state index is 0.692. The third kappa shape index (κ3) is 3.63. The van der Waals surface area contributed by atoms with Crippen molar-refractivity contribution in [2.24, 2.45) is 0 Å². The molecule has 0 aliphatic heterocycles. The predicted molar refractivity (Wildman–Crippen MR) is 72.6 cm³/mol. The van der Waals surface area contributed by atoms with Crippen LogP contribution in [0.1, 0.15) is 5.69 Å². The van der Waals surface area contributed by atoms with E-state index in [9.17, 15) is 0 Å². The standard InChI is InChI=1S/C12H15BrN4O/c1-18-6-5-14-8-11-9-17(16-15-11)12-4-2-3-10(13)7-12/h2-4,7,9,14H,5-6,8H2,1H3. The number of halogens is 1. The lowest BCUT2D eigenvalue weighted by Gasteiger charge is -2.00. The number of benzene rings is 1. The summed E-state index contributed by atoms with van der Waals surface area (Å²) in [5, 5.41) is 11.4. The molecule has 0 saturated heterocycles. The molecule has 0 unspecified atom stereocenters. The summed E-state index contributed by atoms with van der Waals surface area (Å²) in [5.41, 5.74) is 1.89. The van der Waals surface area contributed by atoms with E-state index >= 15 is 0 Å². The highest BCUT2D eigenvalue weighted by atomic mass is 79.9. The lowest BCUT2D eigenvalue weighted by molar-refractivity contribution is 0.199. The third-order valence-electron chi connectivity index (χ3n) is 2.40. The SMILES string of the molecule is COCCNCc1cn(-c2cccc(Br)c2)nn1. The van der Waals surface area contributed by atoms with Crippen molar-refractivity contribution in [3.63, 3.8) is 0 Å². The number of aromatic nitrogens is 3. The first-order chi connectivity index (χ1) is 8.79. The summed E-state index contributed by atoms with van der Waals surface area (Å²) in [6, 6.07) is 7.93. The van der Waals surface area contributed by atoms with Gasteiger partial charge in [0.05, 0.1) is 24.2 Å². The second-order valence-corrected chi connectivity index (χ2v) is 4.72. The molecule has 0 saturated carbocycles. The van der Waals surface area contributed by atoms with E-state index in [1.807, 2.05) is 30.5 Å². The molecule has 0 atom stereocenters. The summed E-state index contributed by atoms with van der Waals surface area (Å²) >= 11 is 3.44. The topological polar surface area (TPSA) is 52.0 Å². The van der Waals surface area contributed by atoms with E-state index in [1.54, 1.807) is 11.8 Å². The van der Waals surface area contributed by atoms with Gasteiger partial charge in [0, 0.05) is 24.7 Å². The van der Waals surface area contributed by atoms with Crippen LogP contribution in [0.3, 0.4) is 0 Å². The molecule has 0 radical (unpaired) electrons. The van der Waals surface area contributed by atoms with Crippen LogP contribution in [-0.4, -0.2) is 35.3 Å². The van der Waals surface area contributed by atoms with E-state index < -0.39 is 0 Å². The summed E-state index contributed by atoms with van der Waals surface area (Å²) < 4.78 is 7.74. The molecule has 6 heteroatoms. The molecule has 0 spiro atoms. The van der Waals surface area contributed by atoms with Gasteiger partial charge in [-0.25, -0.2) is 4.68 Å². The lowest BCUT2D eigenvalue weighted by atomic mass is 10.3. The zero-order chi connectivity index (χ0) is 12.8. The maximum absolute atomic E-state index is 4.96. The van der Waals surface area contributed by atoms with Crippen LogP contribution in [0.15, 0.2) is 34.9 Å². The van der Waals surface area contributed by atoms with Gasteiger partial charge < -0.3 is 10.1 Å². The molecule has 2 rings (SSSR count). The van der Waals surface area contributed by atoms with Gasteiger partial charge in [-0.2, -0.15) is 0 Å². The van der Waals surface area contributed by atoms with Crippen molar-refractivity contribution in [3.05, 3.63) is 40.6 Å². The Morgan fingerprint density at radius 3 is 3.11 bits per heavy atom. The molecule has 1 heterocycles. The molecule has 1 N–H and O–H groups in total. The van der Waals surface area contributed by atoms with Crippen molar-refractivity contribution in [1.29, 1.82) is 0 Å². The van der Waals surface area contributed by atoms with E-state index in [0.717, 1.165) is 22.4 Å². The van der Waals surface area contributed by atoms with Crippen LogP contribution in [0.25, 0.3) is 5.69 Å². The van der Waals surface area contributed by atoms with Crippen molar-refractivity contribution in [2.75, 3.05) is 20.3 Å². The quantitative estimate of drug-likeness (QED) is 0.826. The molecule has 0 aliphatic carbocycles. The number of nitrogens with one attached hydrogen (secondary N) is 1. The fourth-order valence-corrected chi connectivity index (χ4v) is 1.90. The highest BCUT2D eigenvalue weighted by Gasteiger charge is 2.02. The Morgan fingerprint density at radius 2 is 2.33 bits per heavy atom. The molecule has 1 aromatic carbocycles. The maximum Gasteiger partial charge on any atom is 0.0969 e. The summed E-state index contributed by atoms with van der Waals surface area (Å²) in [6.45, 7) is 2.19. The molecule has 0 fully saturated rings. The van der Waals surface area contributed by atoms with Crippen LogP contribution in [0.2, 0.25) is 0 Å². The van der Waals surface area contributed by atoms with Gasteiger partial charge in [0.1, 0.15) is 0 Å². The summed E-state index contributed by atoms with van der Waals surface area (Å²) in [4.78, 5) is 0. The number of ether oxygens (including phenoxy) is 1. The van der Waals surface area contributed by atoms with Gasteiger partial charge in [0.2, 0.25) is 0 Å². The largest absolute Gasteiger partial charge is 0.383 e. The van der Waals surface area contributed by atoms with E-state index in [-0.39, 0.29) is 0 Å². The Kier molecular flexibility index (Phi) is 4.86. The molecular formula is C12H15BrN4O. The number of hydrogen-bond acceptors (Lipinski definition) is 4. The minimum Gasteiger partial charge on any atom is -0.383 e. The van der Waals surface area contributed by atoms with Crippen LogP contribution < -0.4 is 5.32 Å². The molecule has 1 aromatic heterocycles. The van der Waals surface area contributed by atoms with Gasteiger partial charge in [-0.1, -0.05) is 27.2 Å². The number of rotatable bonds is 6. The first-order valence-electron chi connectivity index (χ1n) is 5.66. The van der Waals surface area contributed by atoms with Gasteiger partial charge in [-0.05, 0) is 18.2 Å². The van der Waals surface area contributed by atoms with Crippen LogP contribution in [0, 0.1) is 0 Å². The molecule has 0 bridgehead atoms. The van der Waals surface area contributed by atoms with Gasteiger partial charge in [-0.15, -0.1) is 5.10 Å². The molecule has 18 heavy (non-hydrogen) atoms. The second kappa shape index (κ2) is 6.63. The number of methoxy groups -OCH3 is 1. The minimum absolute atomic E-state index is 0.692. The second-order valence-electron chi connectivity index (χ2n) is 3.80. The van der Waals surface area contributed by atoms with Crippen LogP contribution in [0.4, 0.5) is 0 Å². The number of nitrogens with zero attached hydrogens (tertiary/aromatic N) is 3. The first kappa shape index (κ1) is 13.2. The fraction of sp³-hybridized carbons (Fsp3) is 0.333. The predicted octanol–water partition coefficient (Wildman–Crippen LogP) is 1.77. The van der Waals surface area contributed by atoms with Crippen molar-refractivity contribution in [3.8, 4) is 5.69 Å². The Hall–Kier alpha value is -1.24. The van der Waals surface area contributed by atoms with Gasteiger partial charge in [0.25, 0.3) is 0 Å². The monoisotopic (exact) mass is 310 g/mol. The Balaban J connectivity index is 1.97. The average molecular weight is 311 g/mol. The lowest BCUT2D eigenvalue weighted by Crippen LogP contribution is -2.18. The number of hydrogen-bond donors (Lipinski definition) is 1. The van der Waals surface area contributed by atoms with Gasteiger partial charge in [-0.3, -0.25) is 0 Å². The summed E-state index contributed by atoms with van der Waals surface area (Å²) in [6.07, 6.45) is 1.92. The van der Waals surface area contributed by atoms with E-state index in [1.165, 1.54) is 0 Å². The molecule has 2 aromatic rings. The highest BCUT2D eigenvalue weighted by molar-refractivity contribution is 9.10. The van der Waals surface area contributed by atoms with E-state index in [4.69, 9.17) is 4.74 Å². The Labute approximate surface area is 114 Å². The van der Waals surface area contributed by atoms with Gasteiger partial charge >= 0.3 is 0 Å². The summed E-state index contributed by atoms with van der Waals surface area (Å²) in [7, 11) is 1.69. The zero-order valence-corrected chi connectivity index (χ0v) is 11.7. The van der Waals surface area contributed by atoms with Crippen molar-refractivity contribution in [2.45, 2.75) is 6.54 Å². The molecular weight excluding hydrogens is 296 g/mol. The third-order valence-corrected chi connectivity index (χ3v) is 2.90. The summed E-state index contributed by atoms with van der Waals surface area (Å²) in [5.74, 6) is 0. The van der Waals surface area contributed by atoms with E-state index in [0.29, 0.717) is 13.2 Å². The van der Waals surface area contributed by atoms with Crippen molar-refractivity contribution in [1.82, 2.24) is 20.3 Å². The Bertz CT molecular complexity index is 500. The molecule has 0 amide bonds. The maximum atomic E-state index is 4.96. The van der Waals surface area contributed by atoms with Crippen LogP contribution in [0.5, 0.6) is 0 Å². The average Bonchev–Trinajstić information content (AvgIpc) is 2.83. The van der Waals surface area contributed by atoms with Crippen molar-refractivity contribution >= 4 is 15.9 Å².